The van der Waals surface area contributed by atoms with Gasteiger partial charge in [0.15, 0.2) is 0 Å². The molecule has 3 heteroatoms. The van der Waals surface area contributed by atoms with E-state index >= 15 is 0 Å². The van der Waals surface area contributed by atoms with Crippen LogP contribution in [0.2, 0.25) is 0 Å². The second kappa shape index (κ2) is 5.78. The molecule has 0 saturated carbocycles. The van der Waals surface area contributed by atoms with Crippen LogP contribution >= 0.6 is 0 Å². The highest BCUT2D eigenvalue weighted by Crippen LogP contribution is 2.26. The average molecular weight is 315 g/mol. The number of hydrogen-bond acceptors (Lipinski definition) is 1. The number of fused-ring (bicyclic) bond motifs is 2. The molecule has 24 heavy (non-hydrogen) atoms. The van der Waals surface area contributed by atoms with Crippen LogP contribution in [0.1, 0.15) is 10.4 Å². The Morgan fingerprint density at radius 1 is 0.708 bits per heavy atom. The molecule has 0 aromatic heterocycles. The van der Waals surface area contributed by atoms with Gasteiger partial charge in [0, 0.05) is 22.0 Å². The maximum atomic E-state index is 13.9. The van der Waals surface area contributed by atoms with Crippen LogP contribution in [0.3, 0.4) is 0 Å². The summed E-state index contributed by atoms with van der Waals surface area (Å²) < 4.78 is 13.9. The molecule has 0 aliphatic heterocycles. The maximum absolute atomic E-state index is 13.9. The zero-order chi connectivity index (χ0) is 16.5. The molecule has 0 unspecified atom stereocenters. The van der Waals surface area contributed by atoms with Gasteiger partial charge in [-0.2, -0.15) is 0 Å². The lowest BCUT2D eigenvalue weighted by Crippen LogP contribution is -2.12. The highest BCUT2D eigenvalue weighted by Gasteiger charge is 2.13. The van der Waals surface area contributed by atoms with E-state index in [1.807, 2.05) is 42.5 Å². The maximum Gasteiger partial charge on any atom is 0.256 e. The number of benzene rings is 4. The molecule has 1 amide bonds. The topological polar surface area (TPSA) is 29.1 Å². The number of carbonyl (C=O) groups is 1. The Morgan fingerprint density at radius 2 is 1.38 bits per heavy atom. The van der Waals surface area contributed by atoms with Gasteiger partial charge >= 0.3 is 0 Å². The molecule has 0 fully saturated rings. The number of nitrogens with one attached hydrogen (secondary N) is 1. The van der Waals surface area contributed by atoms with Gasteiger partial charge in [-0.05, 0) is 29.0 Å². The van der Waals surface area contributed by atoms with Crippen molar-refractivity contribution in [1.29, 1.82) is 0 Å². The molecular formula is C21H14FNO. The summed E-state index contributed by atoms with van der Waals surface area (Å²) >= 11 is 0. The first-order chi connectivity index (χ1) is 11.7. The van der Waals surface area contributed by atoms with Gasteiger partial charge in [-0.1, -0.05) is 60.7 Å². The molecule has 0 aliphatic rings. The Hall–Kier alpha value is -3.20. The smallest absolute Gasteiger partial charge is 0.256 e. The van der Waals surface area contributed by atoms with Crippen molar-refractivity contribution in [2.24, 2.45) is 0 Å². The lowest BCUT2D eigenvalue weighted by atomic mass is 10.0. The van der Waals surface area contributed by atoms with E-state index < -0.39 is 0 Å². The Labute approximate surface area is 138 Å². The summed E-state index contributed by atoms with van der Waals surface area (Å²) in [6.45, 7) is 0. The summed E-state index contributed by atoms with van der Waals surface area (Å²) in [6, 6.07) is 23.5. The van der Waals surface area contributed by atoms with Crippen LogP contribution in [0, 0.1) is 5.82 Å². The van der Waals surface area contributed by atoms with Crippen molar-refractivity contribution < 1.29 is 9.18 Å². The second-order valence-electron chi connectivity index (χ2n) is 5.62. The first kappa shape index (κ1) is 14.4. The number of carbonyl (C=O) groups excluding carboxylic acids is 1. The van der Waals surface area contributed by atoms with Gasteiger partial charge in [0.25, 0.3) is 5.91 Å². The number of anilines is 1. The SMILES string of the molecule is O=C(Nc1cccc2ccccc12)c1ccc(F)c2ccccc12. The molecule has 1 N–H and O–H groups in total. The number of amides is 1. The van der Waals surface area contributed by atoms with Gasteiger partial charge in [-0.15, -0.1) is 0 Å². The molecule has 0 spiro atoms. The van der Waals surface area contributed by atoms with E-state index in [1.54, 1.807) is 24.3 Å². The van der Waals surface area contributed by atoms with Crippen LogP contribution < -0.4 is 5.32 Å². The van der Waals surface area contributed by atoms with Crippen molar-refractivity contribution in [3.8, 4) is 0 Å². The van der Waals surface area contributed by atoms with Gasteiger partial charge in [-0.3, -0.25) is 4.79 Å². The monoisotopic (exact) mass is 315 g/mol. The summed E-state index contributed by atoms with van der Waals surface area (Å²) in [5.74, 6) is -0.574. The fourth-order valence-electron chi connectivity index (χ4n) is 2.98. The van der Waals surface area contributed by atoms with Gasteiger partial charge < -0.3 is 5.32 Å². The van der Waals surface area contributed by atoms with Crippen LogP contribution in [0.4, 0.5) is 10.1 Å². The molecule has 116 valence electrons. The molecule has 0 radical (unpaired) electrons. The molecule has 0 heterocycles. The van der Waals surface area contributed by atoms with Crippen molar-refractivity contribution in [3.05, 3.63) is 90.2 Å². The molecule has 2 nitrogen and oxygen atoms in total. The summed E-state index contributed by atoms with van der Waals surface area (Å²) in [5.41, 5.74) is 1.20. The first-order valence-electron chi connectivity index (χ1n) is 7.70. The van der Waals surface area contributed by atoms with Gasteiger partial charge in [0.1, 0.15) is 5.82 Å². The number of hydrogen-bond donors (Lipinski definition) is 1. The standard InChI is InChI=1S/C21H14FNO/c22-19-13-12-18(16-9-3-4-10-17(16)19)21(24)23-20-11-5-7-14-6-1-2-8-15(14)20/h1-13H,(H,23,24). The minimum Gasteiger partial charge on any atom is -0.321 e. The van der Waals surface area contributed by atoms with Crippen molar-refractivity contribution in [2.75, 3.05) is 5.32 Å². The highest BCUT2D eigenvalue weighted by molar-refractivity contribution is 6.15. The third-order valence-electron chi connectivity index (χ3n) is 4.15. The second-order valence-corrected chi connectivity index (χ2v) is 5.62. The summed E-state index contributed by atoms with van der Waals surface area (Å²) in [5, 5.41) is 6.03. The van der Waals surface area contributed by atoms with E-state index in [0.29, 0.717) is 16.3 Å². The molecule has 0 atom stereocenters. The molecule has 4 rings (SSSR count). The Bertz CT molecular complexity index is 1070. The highest BCUT2D eigenvalue weighted by atomic mass is 19.1. The lowest BCUT2D eigenvalue weighted by molar-refractivity contribution is 0.102. The first-order valence-corrected chi connectivity index (χ1v) is 7.70. The number of rotatable bonds is 2. The number of halogens is 1. The predicted molar refractivity (Wildman–Crippen MR) is 95.8 cm³/mol. The zero-order valence-electron chi connectivity index (χ0n) is 12.8. The molecule has 0 aliphatic carbocycles. The Morgan fingerprint density at radius 3 is 2.21 bits per heavy atom. The third kappa shape index (κ3) is 2.40. The van der Waals surface area contributed by atoms with Gasteiger partial charge in [0.2, 0.25) is 0 Å². The van der Waals surface area contributed by atoms with E-state index in [0.717, 1.165) is 16.5 Å². The van der Waals surface area contributed by atoms with Crippen LogP contribution in [-0.4, -0.2) is 5.91 Å². The molecule has 0 saturated heterocycles. The Balaban J connectivity index is 1.79. The van der Waals surface area contributed by atoms with E-state index in [2.05, 4.69) is 5.32 Å². The molecular weight excluding hydrogens is 301 g/mol. The van der Waals surface area contributed by atoms with Gasteiger partial charge in [0.05, 0.1) is 0 Å². The summed E-state index contributed by atoms with van der Waals surface area (Å²) in [4.78, 5) is 12.7. The van der Waals surface area contributed by atoms with Crippen LogP contribution in [-0.2, 0) is 0 Å². The fourth-order valence-corrected chi connectivity index (χ4v) is 2.98. The van der Waals surface area contributed by atoms with Gasteiger partial charge in [-0.25, -0.2) is 4.39 Å². The van der Waals surface area contributed by atoms with Crippen LogP contribution in [0.25, 0.3) is 21.5 Å². The average Bonchev–Trinajstić information content (AvgIpc) is 2.62. The fraction of sp³-hybridized carbons (Fsp3) is 0. The predicted octanol–water partition coefficient (Wildman–Crippen LogP) is 5.38. The minimum atomic E-state index is -0.327. The van der Waals surface area contributed by atoms with Crippen molar-refractivity contribution in [2.45, 2.75) is 0 Å². The van der Waals surface area contributed by atoms with Crippen molar-refractivity contribution in [3.63, 3.8) is 0 Å². The van der Waals surface area contributed by atoms with Crippen molar-refractivity contribution in [1.82, 2.24) is 0 Å². The largest absolute Gasteiger partial charge is 0.321 e. The van der Waals surface area contributed by atoms with Crippen LogP contribution in [0.15, 0.2) is 78.9 Å². The summed E-state index contributed by atoms with van der Waals surface area (Å²) in [7, 11) is 0. The van der Waals surface area contributed by atoms with E-state index in [-0.39, 0.29) is 11.7 Å². The van der Waals surface area contributed by atoms with E-state index in [9.17, 15) is 9.18 Å². The lowest BCUT2D eigenvalue weighted by Gasteiger charge is -2.11. The summed E-state index contributed by atoms with van der Waals surface area (Å²) in [6.07, 6.45) is 0. The Kier molecular flexibility index (Phi) is 3.47. The van der Waals surface area contributed by atoms with E-state index in [1.165, 1.54) is 12.1 Å². The molecule has 0 bridgehead atoms. The zero-order valence-corrected chi connectivity index (χ0v) is 12.8. The molecule has 4 aromatic rings. The molecule has 4 aromatic carbocycles. The minimum absolute atomic E-state index is 0.248. The quantitative estimate of drug-likeness (QED) is 0.528. The normalized spacial score (nSPS) is 10.9. The third-order valence-corrected chi connectivity index (χ3v) is 4.15. The van der Waals surface area contributed by atoms with Crippen LogP contribution in [0.5, 0.6) is 0 Å². The van der Waals surface area contributed by atoms with Crippen molar-refractivity contribution >= 4 is 33.1 Å². The van der Waals surface area contributed by atoms with E-state index in [4.69, 9.17) is 0 Å².